The second-order valence-corrected chi connectivity index (χ2v) is 4.22. The van der Waals surface area contributed by atoms with Crippen LogP contribution in [0.3, 0.4) is 0 Å². The first kappa shape index (κ1) is 17.3. The molecule has 0 spiro atoms. The van der Waals surface area contributed by atoms with Crippen molar-refractivity contribution in [2.24, 2.45) is 11.5 Å². The van der Waals surface area contributed by atoms with Crippen molar-refractivity contribution in [1.82, 2.24) is 20.8 Å². The summed E-state index contributed by atoms with van der Waals surface area (Å²) < 4.78 is 4.86. The molecule has 12 heteroatoms. The third-order valence-electron chi connectivity index (χ3n) is 2.39. The maximum Gasteiger partial charge on any atom is 0.323 e. The molecule has 0 bridgehead atoms. The Balaban J connectivity index is 2.79. The quantitative estimate of drug-likeness (QED) is 0.296. The predicted molar refractivity (Wildman–Crippen MR) is 69.0 cm³/mol. The van der Waals surface area contributed by atoms with Gasteiger partial charge in [0.2, 0.25) is 11.8 Å². The predicted octanol–water partition coefficient (Wildman–Crippen LogP) is -2.64. The molecular formula is C10H16N6O6. The first-order chi connectivity index (χ1) is 10.3. The number of aromatic nitrogens is 2. The van der Waals surface area contributed by atoms with Gasteiger partial charge in [0, 0.05) is 0 Å². The molecule has 1 rings (SSSR count). The second kappa shape index (κ2) is 7.90. The number of nitrogens with zero attached hydrogens (tertiary/aromatic N) is 2. The molecule has 22 heavy (non-hydrogen) atoms. The minimum atomic E-state index is -1.24. The van der Waals surface area contributed by atoms with Crippen LogP contribution in [0.15, 0.2) is 4.52 Å². The van der Waals surface area contributed by atoms with Gasteiger partial charge in [-0.1, -0.05) is 5.16 Å². The van der Waals surface area contributed by atoms with Gasteiger partial charge in [-0.25, -0.2) is 4.79 Å². The highest BCUT2D eigenvalue weighted by atomic mass is 16.5. The molecule has 122 valence electrons. The molecule has 1 aromatic heterocycles. The Hall–Kier alpha value is -2.73. The van der Waals surface area contributed by atoms with Crippen molar-refractivity contribution < 1.29 is 29.1 Å². The normalized spacial score (nSPS) is 13.2. The van der Waals surface area contributed by atoms with E-state index in [2.05, 4.69) is 15.5 Å². The van der Waals surface area contributed by atoms with Gasteiger partial charge in [0.1, 0.15) is 12.6 Å². The standard InChI is InChI=1S/C10H16N6O6/c11-4(3-17)8-15-9(22-16-8)5(1-6(12)18)14-10(21)13-2-7(19)20/h4-5,17H,1-3,11H2,(H2,12,18)(H,19,20)(H2,13,14,21)/t4-,5+/m0/s1. The molecule has 0 aliphatic carbocycles. The van der Waals surface area contributed by atoms with Crippen LogP contribution in [-0.2, 0) is 9.59 Å². The van der Waals surface area contributed by atoms with Crippen molar-refractivity contribution in [3.8, 4) is 0 Å². The Morgan fingerprint density at radius 2 is 2.05 bits per heavy atom. The summed E-state index contributed by atoms with van der Waals surface area (Å²) in [5, 5.41) is 25.2. The number of rotatable bonds is 8. The monoisotopic (exact) mass is 316 g/mol. The summed E-state index contributed by atoms with van der Waals surface area (Å²) in [5.74, 6) is -2.16. The smallest absolute Gasteiger partial charge is 0.323 e. The van der Waals surface area contributed by atoms with Crippen LogP contribution in [0.1, 0.15) is 30.2 Å². The van der Waals surface area contributed by atoms with Gasteiger partial charge in [0.05, 0.1) is 19.1 Å². The molecule has 2 atom stereocenters. The summed E-state index contributed by atoms with van der Waals surface area (Å²) in [4.78, 5) is 36.8. The molecule has 12 nitrogen and oxygen atoms in total. The number of aliphatic hydroxyl groups excluding tert-OH is 1. The summed E-state index contributed by atoms with van der Waals surface area (Å²) >= 11 is 0. The SMILES string of the molecule is NC(=O)C[C@@H](NC(=O)NCC(=O)O)c1nc([C@@H](N)CO)no1. The van der Waals surface area contributed by atoms with Crippen molar-refractivity contribution in [1.29, 1.82) is 0 Å². The van der Waals surface area contributed by atoms with Gasteiger partial charge in [0.15, 0.2) is 5.82 Å². The van der Waals surface area contributed by atoms with E-state index in [-0.39, 0.29) is 18.1 Å². The molecule has 1 heterocycles. The third-order valence-corrected chi connectivity index (χ3v) is 2.39. The number of primary amides is 1. The largest absolute Gasteiger partial charge is 0.480 e. The Morgan fingerprint density at radius 1 is 1.36 bits per heavy atom. The third kappa shape index (κ3) is 5.34. The van der Waals surface area contributed by atoms with Crippen LogP contribution in [-0.4, -0.2) is 51.4 Å². The van der Waals surface area contributed by atoms with Crippen molar-refractivity contribution in [2.45, 2.75) is 18.5 Å². The first-order valence-corrected chi connectivity index (χ1v) is 6.07. The van der Waals surface area contributed by atoms with E-state index < -0.39 is 43.1 Å². The number of urea groups is 1. The number of aliphatic carboxylic acids is 1. The number of carbonyl (C=O) groups is 3. The molecule has 1 aromatic rings. The number of hydrogen-bond acceptors (Lipinski definition) is 8. The summed E-state index contributed by atoms with van der Waals surface area (Å²) in [6.45, 7) is -1.04. The van der Waals surface area contributed by atoms with E-state index in [9.17, 15) is 14.4 Å². The van der Waals surface area contributed by atoms with Gasteiger partial charge >= 0.3 is 12.0 Å². The highest BCUT2D eigenvalue weighted by Gasteiger charge is 2.24. The molecule has 0 aromatic carbocycles. The Morgan fingerprint density at radius 3 is 2.59 bits per heavy atom. The van der Waals surface area contributed by atoms with Crippen molar-refractivity contribution in [3.63, 3.8) is 0 Å². The molecule has 0 saturated carbocycles. The number of nitrogens with one attached hydrogen (secondary N) is 2. The molecule has 0 aliphatic heterocycles. The lowest BCUT2D eigenvalue weighted by Crippen LogP contribution is -2.41. The number of carbonyl (C=O) groups excluding carboxylic acids is 2. The Labute approximate surface area is 123 Å². The van der Waals surface area contributed by atoms with E-state index in [1.54, 1.807) is 0 Å². The van der Waals surface area contributed by atoms with Gasteiger partial charge in [-0.05, 0) is 0 Å². The number of nitrogens with two attached hydrogens (primary N) is 2. The molecule has 0 saturated heterocycles. The highest BCUT2D eigenvalue weighted by molar-refractivity contribution is 5.81. The summed E-state index contributed by atoms with van der Waals surface area (Å²) in [5.41, 5.74) is 10.6. The first-order valence-electron chi connectivity index (χ1n) is 6.07. The lowest BCUT2D eigenvalue weighted by Gasteiger charge is -2.13. The molecule has 8 N–H and O–H groups in total. The zero-order chi connectivity index (χ0) is 16.7. The van der Waals surface area contributed by atoms with Crippen LogP contribution >= 0.6 is 0 Å². The van der Waals surface area contributed by atoms with Crippen molar-refractivity contribution in [3.05, 3.63) is 11.7 Å². The van der Waals surface area contributed by atoms with Gasteiger partial charge in [0.25, 0.3) is 0 Å². The summed E-state index contributed by atoms with van der Waals surface area (Å²) in [7, 11) is 0. The molecule has 0 fully saturated rings. The van der Waals surface area contributed by atoms with E-state index in [1.165, 1.54) is 0 Å². The van der Waals surface area contributed by atoms with Crippen LogP contribution in [0.2, 0.25) is 0 Å². The molecular weight excluding hydrogens is 300 g/mol. The van der Waals surface area contributed by atoms with E-state index >= 15 is 0 Å². The minimum Gasteiger partial charge on any atom is -0.480 e. The van der Waals surface area contributed by atoms with Gasteiger partial charge < -0.3 is 36.8 Å². The topological polar surface area (TPSA) is 207 Å². The van der Waals surface area contributed by atoms with Gasteiger partial charge in [-0.2, -0.15) is 4.98 Å². The number of aliphatic hydroxyl groups is 1. The van der Waals surface area contributed by atoms with E-state index in [0.29, 0.717) is 0 Å². The lowest BCUT2D eigenvalue weighted by atomic mass is 10.2. The Kier molecular flexibility index (Phi) is 6.22. The summed E-state index contributed by atoms with van der Waals surface area (Å²) in [6, 6.07) is -2.80. The van der Waals surface area contributed by atoms with Crippen LogP contribution < -0.4 is 22.1 Å². The minimum absolute atomic E-state index is 0.0142. The molecule has 0 radical (unpaired) electrons. The highest BCUT2D eigenvalue weighted by Crippen LogP contribution is 2.16. The van der Waals surface area contributed by atoms with Crippen molar-refractivity contribution >= 4 is 17.9 Å². The summed E-state index contributed by atoms with van der Waals surface area (Å²) in [6.07, 6.45) is -0.351. The van der Waals surface area contributed by atoms with Crippen molar-refractivity contribution in [2.75, 3.05) is 13.2 Å². The number of amides is 3. The van der Waals surface area contributed by atoms with Crippen LogP contribution in [0, 0.1) is 0 Å². The number of carboxylic acids is 1. The average molecular weight is 316 g/mol. The maximum atomic E-state index is 11.5. The van der Waals surface area contributed by atoms with E-state index in [0.717, 1.165) is 0 Å². The maximum absolute atomic E-state index is 11.5. The lowest BCUT2D eigenvalue weighted by molar-refractivity contribution is -0.135. The molecule has 0 aliphatic rings. The van der Waals surface area contributed by atoms with Gasteiger partial charge in [-0.15, -0.1) is 0 Å². The number of hydrogen-bond donors (Lipinski definition) is 6. The molecule has 3 amide bonds. The zero-order valence-corrected chi connectivity index (χ0v) is 11.4. The number of carboxylic acid groups (broad SMARTS) is 1. The fourth-order valence-corrected chi connectivity index (χ4v) is 1.39. The molecule has 0 unspecified atom stereocenters. The van der Waals surface area contributed by atoms with E-state index in [4.69, 9.17) is 26.2 Å². The van der Waals surface area contributed by atoms with Crippen LogP contribution in [0.25, 0.3) is 0 Å². The second-order valence-electron chi connectivity index (χ2n) is 4.22. The average Bonchev–Trinajstić information content (AvgIpc) is 2.92. The van der Waals surface area contributed by atoms with Crippen LogP contribution in [0.5, 0.6) is 0 Å². The van der Waals surface area contributed by atoms with Crippen LogP contribution in [0.4, 0.5) is 4.79 Å². The zero-order valence-electron chi connectivity index (χ0n) is 11.4. The fraction of sp³-hybridized carbons (Fsp3) is 0.500. The Bertz CT molecular complexity index is 546. The fourth-order valence-electron chi connectivity index (χ4n) is 1.39. The van der Waals surface area contributed by atoms with E-state index in [1.807, 2.05) is 5.32 Å². The van der Waals surface area contributed by atoms with Gasteiger partial charge in [-0.3, -0.25) is 9.59 Å².